The zero-order valence-corrected chi connectivity index (χ0v) is 19.2. The molecule has 0 aliphatic rings. The van der Waals surface area contributed by atoms with Crippen molar-refractivity contribution in [2.75, 3.05) is 5.32 Å². The standard InChI is InChI=1S/C26H45NO2/c1-4-6-7-8-9-10-11-12-13-14-15-16-17-22(3)27-24-20-18-23(19-21-24)25(5-2)26(28)29/h18-22,25,27H,4-17H2,1-3H3,(H,28,29). The molecule has 3 heteroatoms. The molecule has 0 saturated heterocycles. The Kier molecular flexibility index (Phi) is 14.4. The molecule has 0 spiro atoms. The van der Waals surface area contributed by atoms with Crippen LogP contribution in [0.15, 0.2) is 24.3 Å². The highest BCUT2D eigenvalue weighted by molar-refractivity contribution is 5.76. The maximum atomic E-state index is 11.3. The lowest BCUT2D eigenvalue weighted by atomic mass is 9.96. The highest BCUT2D eigenvalue weighted by atomic mass is 16.4. The van der Waals surface area contributed by atoms with E-state index in [9.17, 15) is 9.90 Å². The number of rotatable bonds is 18. The molecule has 0 radical (unpaired) electrons. The van der Waals surface area contributed by atoms with Crippen LogP contribution in [-0.4, -0.2) is 17.1 Å². The van der Waals surface area contributed by atoms with Gasteiger partial charge >= 0.3 is 5.97 Å². The normalized spacial score (nSPS) is 13.2. The molecule has 0 aromatic heterocycles. The fraction of sp³-hybridized carbons (Fsp3) is 0.731. The lowest BCUT2D eigenvalue weighted by molar-refractivity contribution is -0.138. The van der Waals surface area contributed by atoms with Crippen LogP contribution in [0.2, 0.25) is 0 Å². The van der Waals surface area contributed by atoms with Gasteiger partial charge in [0.15, 0.2) is 0 Å². The van der Waals surface area contributed by atoms with Crippen LogP contribution in [0.25, 0.3) is 0 Å². The number of hydrogen-bond donors (Lipinski definition) is 2. The maximum absolute atomic E-state index is 11.3. The summed E-state index contributed by atoms with van der Waals surface area (Å²) in [5.41, 5.74) is 1.97. The van der Waals surface area contributed by atoms with Crippen molar-refractivity contribution in [1.82, 2.24) is 0 Å². The van der Waals surface area contributed by atoms with Crippen molar-refractivity contribution < 1.29 is 9.90 Å². The summed E-state index contributed by atoms with van der Waals surface area (Å²) in [7, 11) is 0. The first-order valence-corrected chi connectivity index (χ1v) is 12.2. The smallest absolute Gasteiger partial charge is 0.310 e. The Hall–Kier alpha value is -1.51. The monoisotopic (exact) mass is 403 g/mol. The van der Waals surface area contributed by atoms with E-state index >= 15 is 0 Å². The topological polar surface area (TPSA) is 49.3 Å². The molecular formula is C26H45NO2. The van der Waals surface area contributed by atoms with Gasteiger partial charge in [-0.3, -0.25) is 4.79 Å². The Morgan fingerprint density at radius 1 is 0.828 bits per heavy atom. The van der Waals surface area contributed by atoms with Crippen LogP contribution in [-0.2, 0) is 4.79 Å². The highest BCUT2D eigenvalue weighted by Crippen LogP contribution is 2.22. The van der Waals surface area contributed by atoms with Gasteiger partial charge in [-0.15, -0.1) is 0 Å². The first-order chi connectivity index (χ1) is 14.1. The van der Waals surface area contributed by atoms with E-state index in [2.05, 4.69) is 19.2 Å². The molecule has 0 aliphatic heterocycles. The summed E-state index contributed by atoms with van der Waals surface area (Å²) in [5, 5.41) is 12.8. The van der Waals surface area contributed by atoms with Crippen molar-refractivity contribution in [3.05, 3.63) is 29.8 Å². The number of carboxylic acid groups (broad SMARTS) is 1. The first-order valence-electron chi connectivity index (χ1n) is 12.2. The number of aliphatic carboxylic acids is 1. The summed E-state index contributed by atoms with van der Waals surface area (Å²) in [6.07, 6.45) is 18.5. The van der Waals surface area contributed by atoms with Gasteiger partial charge in [-0.25, -0.2) is 0 Å². The molecule has 2 N–H and O–H groups in total. The van der Waals surface area contributed by atoms with E-state index in [1.807, 2.05) is 31.2 Å². The predicted molar refractivity (Wildman–Crippen MR) is 126 cm³/mol. The second kappa shape index (κ2) is 16.3. The van der Waals surface area contributed by atoms with Crippen molar-refractivity contribution in [3.63, 3.8) is 0 Å². The number of nitrogens with one attached hydrogen (secondary N) is 1. The minimum Gasteiger partial charge on any atom is -0.481 e. The van der Waals surface area contributed by atoms with Crippen LogP contribution in [0, 0.1) is 0 Å². The van der Waals surface area contributed by atoms with E-state index in [4.69, 9.17) is 0 Å². The summed E-state index contributed by atoms with van der Waals surface area (Å²) in [6.45, 7) is 6.43. The van der Waals surface area contributed by atoms with Crippen LogP contribution in [0.3, 0.4) is 0 Å². The van der Waals surface area contributed by atoms with Crippen LogP contribution >= 0.6 is 0 Å². The van der Waals surface area contributed by atoms with Crippen molar-refractivity contribution in [2.45, 2.75) is 123 Å². The lowest BCUT2D eigenvalue weighted by Gasteiger charge is -2.16. The van der Waals surface area contributed by atoms with Gasteiger partial charge in [0.2, 0.25) is 0 Å². The number of anilines is 1. The van der Waals surface area contributed by atoms with E-state index in [-0.39, 0.29) is 0 Å². The fourth-order valence-corrected chi connectivity index (χ4v) is 4.01. The second-order valence-corrected chi connectivity index (χ2v) is 8.64. The Bertz CT molecular complexity index is 526. The Morgan fingerprint density at radius 2 is 1.31 bits per heavy atom. The van der Waals surface area contributed by atoms with Crippen molar-refractivity contribution in [3.8, 4) is 0 Å². The van der Waals surface area contributed by atoms with Crippen molar-refractivity contribution in [2.24, 2.45) is 0 Å². The van der Waals surface area contributed by atoms with Gasteiger partial charge in [0.1, 0.15) is 0 Å². The minimum atomic E-state index is -0.742. The van der Waals surface area contributed by atoms with Crippen LogP contribution in [0.4, 0.5) is 5.69 Å². The number of hydrogen-bond acceptors (Lipinski definition) is 2. The first kappa shape index (κ1) is 25.5. The summed E-state index contributed by atoms with van der Waals surface area (Å²) < 4.78 is 0. The van der Waals surface area contributed by atoms with E-state index in [1.54, 1.807) is 0 Å². The van der Waals surface area contributed by atoms with Crippen molar-refractivity contribution >= 4 is 11.7 Å². The number of unbranched alkanes of at least 4 members (excludes halogenated alkanes) is 11. The largest absolute Gasteiger partial charge is 0.481 e. The minimum absolute atomic E-state index is 0.400. The third-order valence-electron chi connectivity index (χ3n) is 5.92. The van der Waals surface area contributed by atoms with Crippen LogP contribution in [0.5, 0.6) is 0 Å². The molecule has 0 heterocycles. The van der Waals surface area contributed by atoms with Gasteiger partial charge < -0.3 is 10.4 Å². The van der Waals surface area contributed by atoms with Crippen LogP contribution < -0.4 is 5.32 Å². The molecule has 2 unspecified atom stereocenters. The van der Waals surface area contributed by atoms with E-state index in [1.165, 1.54) is 83.5 Å². The summed E-state index contributed by atoms with van der Waals surface area (Å²) in [6, 6.07) is 8.37. The van der Waals surface area contributed by atoms with Gasteiger partial charge in [-0.05, 0) is 37.5 Å². The summed E-state index contributed by atoms with van der Waals surface area (Å²) in [5.74, 6) is -1.14. The zero-order valence-electron chi connectivity index (χ0n) is 19.2. The van der Waals surface area contributed by atoms with Crippen molar-refractivity contribution in [1.29, 1.82) is 0 Å². The van der Waals surface area contributed by atoms with Gasteiger partial charge in [0, 0.05) is 11.7 Å². The van der Waals surface area contributed by atoms with Gasteiger partial charge in [-0.1, -0.05) is 103 Å². The predicted octanol–water partition coefficient (Wildman–Crippen LogP) is 8.16. The molecular weight excluding hydrogens is 358 g/mol. The van der Waals surface area contributed by atoms with Gasteiger partial charge in [0.05, 0.1) is 5.92 Å². The molecule has 0 aliphatic carbocycles. The molecule has 0 amide bonds. The SMILES string of the molecule is CCCCCCCCCCCCCCC(C)Nc1ccc(C(CC)C(=O)O)cc1. The lowest BCUT2D eigenvalue weighted by Crippen LogP contribution is -2.15. The molecule has 1 aromatic rings. The molecule has 1 rings (SSSR count). The molecule has 29 heavy (non-hydrogen) atoms. The third kappa shape index (κ3) is 11.9. The average Bonchev–Trinajstić information content (AvgIpc) is 2.70. The molecule has 3 nitrogen and oxygen atoms in total. The molecule has 0 bridgehead atoms. The molecule has 1 aromatic carbocycles. The fourth-order valence-electron chi connectivity index (χ4n) is 4.01. The number of carbonyl (C=O) groups is 1. The Labute approximate surface area is 179 Å². The third-order valence-corrected chi connectivity index (χ3v) is 5.92. The van der Waals surface area contributed by atoms with E-state index < -0.39 is 11.9 Å². The number of benzene rings is 1. The second-order valence-electron chi connectivity index (χ2n) is 8.64. The Balaban J connectivity index is 2.06. The zero-order chi connectivity index (χ0) is 21.3. The molecule has 0 fully saturated rings. The molecule has 2 atom stereocenters. The van der Waals surface area contributed by atoms with E-state index in [0.717, 1.165) is 11.3 Å². The van der Waals surface area contributed by atoms with Gasteiger partial charge in [0.25, 0.3) is 0 Å². The quantitative estimate of drug-likeness (QED) is 0.243. The highest BCUT2D eigenvalue weighted by Gasteiger charge is 2.17. The van der Waals surface area contributed by atoms with Crippen LogP contribution in [0.1, 0.15) is 122 Å². The number of carboxylic acids is 1. The van der Waals surface area contributed by atoms with Gasteiger partial charge in [-0.2, -0.15) is 0 Å². The molecule has 0 saturated carbocycles. The average molecular weight is 404 g/mol. The van der Waals surface area contributed by atoms with E-state index in [0.29, 0.717) is 12.5 Å². The summed E-state index contributed by atoms with van der Waals surface area (Å²) in [4.78, 5) is 11.3. The molecule has 166 valence electrons. The summed E-state index contributed by atoms with van der Waals surface area (Å²) >= 11 is 0. The maximum Gasteiger partial charge on any atom is 0.310 e. The Morgan fingerprint density at radius 3 is 1.76 bits per heavy atom.